The molecule has 63 heavy (non-hydrogen) atoms. The summed E-state index contributed by atoms with van der Waals surface area (Å²) in [6.07, 6.45) is 68.2. The molecular formula is C58H113NO4. The van der Waals surface area contributed by atoms with Crippen LogP contribution in [-0.2, 0) is 4.79 Å². The van der Waals surface area contributed by atoms with Crippen molar-refractivity contribution < 1.29 is 20.1 Å². The Labute approximate surface area is 394 Å². The summed E-state index contributed by atoms with van der Waals surface area (Å²) >= 11 is 0. The molecular weight excluding hydrogens is 775 g/mol. The van der Waals surface area contributed by atoms with Crippen LogP contribution in [-0.4, -0.2) is 46.1 Å². The fourth-order valence-electron chi connectivity index (χ4n) is 9.12. The van der Waals surface area contributed by atoms with Gasteiger partial charge in [-0.05, 0) is 32.1 Å². The number of hydrogen-bond donors (Lipinski definition) is 4. The predicted molar refractivity (Wildman–Crippen MR) is 278 cm³/mol. The zero-order chi connectivity index (χ0) is 45.8. The van der Waals surface area contributed by atoms with E-state index in [4.69, 9.17) is 0 Å². The average molecular weight is 889 g/mol. The molecule has 0 bridgehead atoms. The molecule has 0 aromatic rings. The summed E-state index contributed by atoms with van der Waals surface area (Å²) in [7, 11) is 0. The number of unbranched alkanes of at least 4 members (excludes halogenated alkanes) is 42. The van der Waals surface area contributed by atoms with E-state index in [1.165, 1.54) is 257 Å². The van der Waals surface area contributed by atoms with Gasteiger partial charge >= 0.3 is 0 Å². The van der Waals surface area contributed by atoms with Crippen LogP contribution in [0, 0.1) is 0 Å². The molecule has 0 aromatic carbocycles. The zero-order valence-electron chi connectivity index (χ0n) is 42.7. The van der Waals surface area contributed by atoms with Gasteiger partial charge in [0.25, 0.3) is 0 Å². The van der Waals surface area contributed by atoms with Gasteiger partial charge in [0.2, 0.25) is 5.91 Å². The quantitative estimate of drug-likeness (QED) is 0.0362. The molecule has 0 fully saturated rings. The van der Waals surface area contributed by atoms with Gasteiger partial charge in [-0.2, -0.15) is 0 Å². The number of carbonyl (C=O) groups excluding carboxylic acids is 1. The Morgan fingerprint density at radius 2 is 0.683 bits per heavy atom. The third-order valence-corrected chi connectivity index (χ3v) is 13.5. The van der Waals surface area contributed by atoms with Crippen molar-refractivity contribution in [3.8, 4) is 0 Å². The molecule has 0 aromatic heterocycles. The summed E-state index contributed by atoms with van der Waals surface area (Å²) in [5, 5.41) is 33.4. The van der Waals surface area contributed by atoms with Crippen molar-refractivity contribution in [2.75, 3.05) is 6.61 Å². The van der Waals surface area contributed by atoms with Gasteiger partial charge in [-0.15, -0.1) is 0 Å². The number of carbonyl (C=O) groups is 1. The first-order chi connectivity index (χ1) is 31.0. The molecule has 3 atom stereocenters. The summed E-state index contributed by atoms with van der Waals surface area (Å²) in [4.78, 5) is 12.5. The van der Waals surface area contributed by atoms with Crippen molar-refractivity contribution in [1.29, 1.82) is 0 Å². The Kier molecular flexibility index (Phi) is 52.5. The van der Waals surface area contributed by atoms with Crippen molar-refractivity contribution in [2.24, 2.45) is 0 Å². The standard InChI is InChI=1S/C58H113NO4/c1-3-5-7-9-11-13-15-17-19-20-21-22-23-24-25-26-27-28-29-30-31-32-33-34-35-36-38-39-41-43-45-47-49-51-55(61)53-58(63)59-56(54-60)57(62)52-50-48-46-44-42-40-37-18-16-14-12-10-8-6-4-2/h42,44,50,52,55-57,60-62H,3-41,43,45-49,51,53-54H2,1-2H3,(H,59,63)/b44-42+,52-50+. The summed E-state index contributed by atoms with van der Waals surface area (Å²) in [5.41, 5.74) is 0. The fraction of sp³-hybridized carbons (Fsp3) is 0.914. The molecule has 0 heterocycles. The van der Waals surface area contributed by atoms with Crippen molar-refractivity contribution in [2.45, 2.75) is 334 Å². The van der Waals surface area contributed by atoms with Crippen molar-refractivity contribution in [1.82, 2.24) is 5.32 Å². The first-order valence-corrected chi connectivity index (χ1v) is 28.6. The maximum atomic E-state index is 12.5. The van der Waals surface area contributed by atoms with Crippen LogP contribution < -0.4 is 5.32 Å². The van der Waals surface area contributed by atoms with Crippen molar-refractivity contribution in [3.63, 3.8) is 0 Å². The largest absolute Gasteiger partial charge is 0.394 e. The lowest BCUT2D eigenvalue weighted by Crippen LogP contribution is -2.45. The summed E-state index contributed by atoms with van der Waals surface area (Å²) in [5.74, 6) is -0.320. The molecule has 0 aliphatic heterocycles. The SMILES string of the molecule is CCCCCCCCCCC/C=C/CC/C=C/C(O)C(CO)NC(=O)CC(O)CCCCCCCCCCCCCCCCCCCCCCCCCCCCCCCCCCC. The zero-order valence-corrected chi connectivity index (χ0v) is 42.7. The molecule has 4 N–H and O–H groups in total. The van der Waals surface area contributed by atoms with Gasteiger partial charge in [-0.1, -0.05) is 301 Å². The van der Waals surface area contributed by atoms with Crippen LogP contribution in [0.5, 0.6) is 0 Å². The lowest BCUT2D eigenvalue weighted by Gasteiger charge is -2.21. The normalized spacial score (nSPS) is 13.4. The number of aliphatic hydroxyl groups is 3. The number of allylic oxidation sites excluding steroid dienone is 3. The summed E-state index contributed by atoms with van der Waals surface area (Å²) in [6, 6.07) is -0.758. The minimum absolute atomic E-state index is 0.0102. The van der Waals surface area contributed by atoms with Crippen LogP contribution in [0.25, 0.3) is 0 Å². The Morgan fingerprint density at radius 1 is 0.397 bits per heavy atom. The maximum absolute atomic E-state index is 12.5. The highest BCUT2D eigenvalue weighted by Crippen LogP contribution is 2.18. The van der Waals surface area contributed by atoms with E-state index in [1.807, 2.05) is 6.08 Å². The van der Waals surface area contributed by atoms with E-state index in [0.29, 0.717) is 6.42 Å². The average Bonchev–Trinajstić information content (AvgIpc) is 3.28. The number of nitrogens with one attached hydrogen (secondary N) is 1. The second kappa shape index (κ2) is 53.4. The lowest BCUT2D eigenvalue weighted by molar-refractivity contribution is -0.124. The fourth-order valence-corrected chi connectivity index (χ4v) is 9.12. The first-order valence-electron chi connectivity index (χ1n) is 28.6. The third kappa shape index (κ3) is 50.1. The monoisotopic (exact) mass is 888 g/mol. The third-order valence-electron chi connectivity index (χ3n) is 13.5. The molecule has 0 radical (unpaired) electrons. The van der Waals surface area contributed by atoms with Crippen LogP contribution in [0.1, 0.15) is 316 Å². The van der Waals surface area contributed by atoms with Crippen LogP contribution in [0.2, 0.25) is 0 Å². The number of amides is 1. The van der Waals surface area contributed by atoms with E-state index in [1.54, 1.807) is 6.08 Å². The van der Waals surface area contributed by atoms with Gasteiger partial charge in [0, 0.05) is 0 Å². The molecule has 0 rings (SSSR count). The first kappa shape index (κ1) is 61.8. The molecule has 5 nitrogen and oxygen atoms in total. The second-order valence-corrected chi connectivity index (χ2v) is 19.9. The summed E-state index contributed by atoms with van der Waals surface area (Å²) in [6.45, 7) is 4.23. The van der Waals surface area contributed by atoms with Crippen LogP contribution in [0.4, 0.5) is 0 Å². The van der Waals surface area contributed by atoms with E-state index in [2.05, 4.69) is 31.3 Å². The lowest BCUT2D eigenvalue weighted by atomic mass is 10.0. The highest BCUT2D eigenvalue weighted by atomic mass is 16.3. The smallest absolute Gasteiger partial charge is 0.222 e. The minimum Gasteiger partial charge on any atom is -0.394 e. The van der Waals surface area contributed by atoms with E-state index >= 15 is 0 Å². The maximum Gasteiger partial charge on any atom is 0.222 e. The van der Waals surface area contributed by atoms with Crippen molar-refractivity contribution in [3.05, 3.63) is 24.3 Å². The number of rotatable bonds is 53. The molecule has 0 aliphatic carbocycles. The molecule has 0 saturated heterocycles. The van der Waals surface area contributed by atoms with Crippen molar-refractivity contribution >= 4 is 5.91 Å². The topological polar surface area (TPSA) is 89.8 Å². The predicted octanol–water partition coefficient (Wildman–Crippen LogP) is 17.7. The molecule has 1 amide bonds. The molecule has 0 spiro atoms. The van der Waals surface area contributed by atoms with Gasteiger partial charge < -0.3 is 20.6 Å². The minimum atomic E-state index is -0.949. The molecule has 3 unspecified atom stereocenters. The Bertz CT molecular complexity index is 936. The van der Waals surface area contributed by atoms with Gasteiger partial charge in [-0.25, -0.2) is 0 Å². The molecule has 374 valence electrons. The van der Waals surface area contributed by atoms with Crippen LogP contribution in [0.15, 0.2) is 24.3 Å². The Balaban J connectivity index is 3.48. The highest BCUT2D eigenvalue weighted by Gasteiger charge is 2.20. The Hall–Kier alpha value is -1.17. The second-order valence-electron chi connectivity index (χ2n) is 19.9. The molecule has 0 saturated carbocycles. The van der Waals surface area contributed by atoms with Gasteiger partial charge in [0.1, 0.15) is 0 Å². The van der Waals surface area contributed by atoms with Crippen LogP contribution >= 0.6 is 0 Å². The van der Waals surface area contributed by atoms with Gasteiger partial charge in [-0.3, -0.25) is 4.79 Å². The number of aliphatic hydroxyl groups excluding tert-OH is 3. The van der Waals surface area contributed by atoms with Crippen LogP contribution in [0.3, 0.4) is 0 Å². The van der Waals surface area contributed by atoms with Gasteiger partial charge in [0.15, 0.2) is 0 Å². The van der Waals surface area contributed by atoms with Gasteiger partial charge in [0.05, 0.1) is 31.3 Å². The van der Waals surface area contributed by atoms with E-state index in [9.17, 15) is 20.1 Å². The summed E-state index contributed by atoms with van der Waals surface area (Å²) < 4.78 is 0. The van der Waals surface area contributed by atoms with E-state index in [0.717, 1.165) is 32.1 Å². The molecule has 5 heteroatoms. The number of hydrogen-bond acceptors (Lipinski definition) is 4. The highest BCUT2D eigenvalue weighted by molar-refractivity contribution is 5.76. The van der Waals surface area contributed by atoms with E-state index < -0.39 is 18.2 Å². The molecule has 0 aliphatic rings. The Morgan fingerprint density at radius 3 is 1.02 bits per heavy atom. The van der Waals surface area contributed by atoms with E-state index in [-0.39, 0.29) is 18.9 Å².